The summed E-state index contributed by atoms with van der Waals surface area (Å²) in [5.41, 5.74) is 0.774. The molecular formula is C18H16ClN5O3. The van der Waals surface area contributed by atoms with Gasteiger partial charge in [-0.15, -0.1) is 5.10 Å². The second-order valence-electron chi connectivity index (χ2n) is 6.36. The first-order chi connectivity index (χ1) is 13.0. The first kappa shape index (κ1) is 17.3. The molecule has 138 valence electrons. The molecule has 9 heteroatoms. The molecule has 1 aliphatic carbocycles. The van der Waals surface area contributed by atoms with Crippen molar-refractivity contribution in [2.24, 2.45) is 0 Å². The topological polar surface area (TPSA) is 97.5 Å². The number of benzene rings is 1. The average Bonchev–Trinajstić information content (AvgIpc) is 3.41. The molecule has 3 aromatic rings. The summed E-state index contributed by atoms with van der Waals surface area (Å²) >= 11 is 6.10. The summed E-state index contributed by atoms with van der Waals surface area (Å²) in [6, 6.07) is 10.0. The Morgan fingerprint density at radius 2 is 2.04 bits per heavy atom. The number of fused-ring (bicyclic) bond motifs is 1. The SMILES string of the molecule is O=C(Cn1nc2ccccn2c1=O)Nc1ccc(Cl)c(C(=O)NC2CC2)c1. The molecule has 0 unspecified atom stereocenters. The number of carbonyl (C=O) groups is 2. The second-order valence-corrected chi connectivity index (χ2v) is 6.77. The minimum absolute atomic E-state index is 0.203. The van der Waals surface area contributed by atoms with Crippen LogP contribution in [0.25, 0.3) is 5.65 Å². The van der Waals surface area contributed by atoms with Crippen molar-refractivity contribution >= 4 is 34.7 Å². The Hall–Kier alpha value is -3.13. The maximum Gasteiger partial charge on any atom is 0.350 e. The van der Waals surface area contributed by atoms with Crippen LogP contribution in [-0.4, -0.2) is 32.0 Å². The minimum Gasteiger partial charge on any atom is -0.349 e. The van der Waals surface area contributed by atoms with Crippen LogP contribution < -0.4 is 16.3 Å². The van der Waals surface area contributed by atoms with Crippen molar-refractivity contribution in [3.8, 4) is 0 Å². The van der Waals surface area contributed by atoms with Gasteiger partial charge in [0.05, 0.1) is 10.6 Å². The molecule has 0 atom stereocenters. The molecule has 1 fully saturated rings. The maximum atomic E-state index is 12.3. The second kappa shape index (κ2) is 6.88. The van der Waals surface area contributed by atoms with Crippen molar-refractivity contribution in [3.05, 3.63) is 63.7 Å². The van der Waals surface area contributed by atoms with Gasteiger partial charge in [-0.3, -0.25) is 14.0 Å². The van der Waals surface area contributed by atoms with E-state index >= 15 is 0 Å². The molecule has 1 saturated carbocycles. The average molecular weight is 386 g/mol. The van der Waals surface area contributed by atoms with E-state index in [-0.39, 0.29) is 18.5 Å². The van der Waals surface area contributed by atoms with Gasteiger partial charge in [-0.2, -0.15) is 0 Å². The van der Waals surface area contributed by atoms with Crippen LogP contribution in [0.2, 0.25) is 5.02 Å². The van der Waals surface area contributed by atoms with Gasteiger partial charge in [0.25, 0.3) is 5.91 Å². The van der Waals surface area contributed by atoms with Gasteiger partial charge in [0, 0.05) is 17.9 Å². The molecule has 2 amide bonds. The van der Waals surface area contributed by atoms with E-state index in [0.29, 0.717) is 21.9 Å². The number of hydrogen-bond donors (Lipinski definition) is 2. The Morgan fingerprint density at radius 3 is 2.78 bits per heavy atom. The molecule has 0 bridgehead atoms. The van der Waals surface area contributed by atoms with Gasteiger partial charge in [0.2, 0.25) is 5.91 Å². The van der Waals surface area contributed by atoms with Crippen LogP contribution in [0.5, 0.6) is 0 Å². The summed E-state index contributed by atoms with van der Waals surface area (Å²) in [6.07, 6.45) is 3.52. The van der Waals surface area contributed by atoms with Gasteiger partial charge < -0.3 is 10.6 Å². The number of hydrogen-bond acceptors (Lipinski definition) is 4. The number of carbonyl (C=O) groups excluding carboxylic acids is 2. The van der Waals surface area contributed by atoms with E-state index in [4.69, 9.17) is 11.6 Å². The fourth-order valence-electron chi connectivity index (χ4n) is 2.68. The van der Waals surface area contributed by atoms with Crippen LogP contribution in [0.3, 0.4) is 0 Å². The van der Waals surface area contributed by atoms with Crippen molar-refractivity contribution in [1.29, 1.82) is 0 Å². The third-order valence-electron chi connectivity index (χ3n) is 4.19. The normalized spacial score (nSPS) is 13.5. The Bertz CT molecular complexity index is 1100. The van der Waals surface area contributed by atoms with Crippen LogP contribution in [0.1, 0.15) is 23.2 Å². The molecule has 0 saturated heterocycles. The third kappa shape index (κ3) is 3.70. The number of nitrogens with zero attached hydrogens (tertiary/aromatic N) is 3. The first-order valence-electron chi connectivity index (χ1n) is 8.46. The summed E-state index contributed by atoms with van der Waals surface area (Å²) < 4.78 is 2.44. The first-order valence-corrected chi connectivity index (χ1v) is 8.83. The number of halogens is 1. The van der Waals surface area contributed by atoms with Gasteiger partial charge in [-0.1, -0.05) is 17.7 Å². The van der Waals surface area contributed by atoms with Crippen LogP contribution in [-0.2, 0) is 11.3 Å². The van der Waals surface area contributed by atoms with Crippen LogP contribution >= 0.6 is 11.6 Å². The molecule has 1 aromatic carbocycles. The fourth-order valence-corrected chi connectivity index (χ4v) is 2.88. The molecule has 2 N–H and O–H groups in total. The zero-order valence-electron chi connectivity index (χ0n) is 14.2. The van der Waals surface area contributed by atoms with E-state index < -0.39 is 11.6 Å². The predicted octanol–water partition coefficient (Wildman–Crippen LogP) is 1.68. The van der Waals surface area contributed by atoms with E-state index in [9.17, 15) is 14.4 Å². The highest BCUT2D eigenvalue weighted by atomic mass is 35.5. The summed E-state index contributed by atoms with van der Waals surface area (Å²) in [4.78, 5) is 36.8. The molecule has 4 rings (SSSR count). The van der Waals surface area contributed by atoms with E-state index in [0.717, 1.165) is 17.5 Å². The van der Waals surface area contributed by atoms with Crippen LogP contribution in [0.4, 0.5) is 5.69 Å². The van der Waals surface area contributed by atoms with Gasteiger partial charge in [-0.05, 0) is 43.2 Å². The number of nitrogens with one attached hydrogen (secondary N) is 2. The van der Waals surface area contributed by atoms with Gasteiger partial charge >= 0.3 is 5.69 Å². The lowest BCUT2D eigenvalue weighted by Gasteiger charge is -2.09. The van der Waals surface area contributed by atoms with E-state index in [2.05, 4.69) is 15.7 Å². The van der Waals surface area contributed by atoms with E-state index in [1.165, 1.54) is 10.5 Å². The fraction of sp³-hybridized carbons (Fsp3) is 0.222. The highest BCUT2D eigenvalue weighted by Gasteiger charge is 2.25. The number of aromatic nitrogens is 3. The zero-order valence-corrected chi connectivity index (χ0v) is 14.9. The van der Waals surface area contributed by atoms with Crippen molar-refractivity contribution in [2.45, 2.75) is 25.4 Å². The zero-order chi connectivity index (χ0) is 19.0. The van der Waals surface area contributed by atoms with Gasteiger partial charge in [0.15, 0.2) is 5.65 Å². The van der Waals surface area contributed by atoms with Crippen molar-refractivity contribution in [2.75, 3.05) is 5.32 Å². The highest BCUT2D eigenvalue weighted by molar-refractivity contribution is 6.34. The standard InChI is InChI=1S/C18H16ClN5O3/c19-14-7-6-12(9-13(14)17(26)21-11-4-5-11)20-16(25)10-24-18(27)23-8-2-1-3-15(23)22-24/h1-3,6-9,11H,4-5,10H2,(H,20,25)(H,21,26). The molecule has 1 aliphatic rings. The Kier molecular flexibility index (Phi) is 4.41. The Balaban J connectivity index is 1.49. The monoisotopic (exact) mass is 385 g/mol. The molecule has 0 spiro atoms. The van der Waals surface area contributed by atoms with Crippen molar-refractivity contribution in [1.82, 2.24) is 19.5 Å². The maximum absolute atomic E-state index is 12.3. The van der Waals surface area contributed by atoms with E-state index in [1.54, 1.807) is 36.5 Å². The molecule has 0 radical (unpaired) electrons. The molecule has 8 nitrogen and oxygen atoms in total. The lowest BCUT2D eigenvalue weighted by Crippen LogP contribution is -2.28. The summed E-state index contributed by atoms with van der Waals surface area (Å²) in [6.45, 7) is -0.243. The van der Waals surface area contributed by atoms with E-state index in [1.807, 2.05) is 0 Å². The largest absolute Gasteiger partial charge is 0.350 e. The summed E-state index contributed by atoms with van der Waals surface area (Å²) in [7, 11) is 0. The quantitative estimate of drug-likeness (QED) is 0.698. The lowest BCUT2D eigenvalue weighted by atomic mass is 10.2. The minimum atomic E-state index is -0.434. The predicted molar refractivity (Wildman–Crippen MR) is 100 cm³/mol. The van der Waals surface area contributed by atoms with Gasteiger partial charge in [0.1, 0.15) is 6.54 Å². The smallest absolute Gasteiger partial charge is 0.349 e. The number of rotatable bonds is 5. The Labute approximate surface area is 158 Å². The molecule has 27 heavy (non-hydrogen) atoms. The van der Waals surface area contributed by atoms with Crippen molar-refractivity contribution < 1.29 is 9.59 Å². The van der Waals surface area contributed by atoms with Crippen molar-refractivity contribution in [3.63, 3.8) is 0 Å². The molecule has 2 heterocycles. The van der Waals surface area contributed by atoms with Crippen LogP contribution in [0.15, 0.2) is 47.4 Å². The summed E-state index contributed by atoms with van der Waals surface area (Å²) in [5, 5.41) is 9.95. The summed E-state index contributed by atoms with van der Waals surface area (Å²) in [5.74, 6) is -0.702. The van der Waals surface area contributed by atoms with Gasteiger partial charge in [-0.25, -0.2) is 9.48 Å². The Morgan fingerprint density at radius 1 is 1.22 bits per heavy atom. The molecule has 0 aliphatic heterocycles. The lowest BCUT2D eigenvalue weighted by molar-refractivity contribution is -0.117. The highest BCUT2D eigenvalue weighted by Crippen LogP contribution is 2.24. The molecule has 2 aromatic heterocycles. The molecular weight excluding hydrogens is 370 g/mol. The number of anilines is 1. The van der Waals surface area contributed by atoms with Crippen LogP contribution in [0, 0.1) is 0 Å². The third-order valence-corrected chi connectivity index (χ3v) is 4.52. The number of pyridine rings is 1. The number of amides is 2.